The maximum absolute atomic E-state index is 10.3. The van der Waals surface area contributed by atoms with Crippen molar-refractivity contribution in [2.24, 2.45) is 0 Å². The molecule has 1 aliphatic rings. The van der Waals surface area contributed by atoms with E-state index in [1.807, 2.05) is 6.92 Å². The predicted octanol–water partition coefficient (Wildman–Crippen LogP) is -2.67. The second-order valence-corrected chi connectivity index (χ2v) is 1.64. The van der Waals surface area contributed by atoms with Crippen LogP contribution < -0.4 is 40.3 Å². The van der Waals surface area contributed by atoms with E-state index in [2.05, 4.69) is 16.2 Å². The Morgan fingerprint density at radius 3 is 2.67 bits per heavy atom. The largest absolute Gasteiger partial charge is 1.00 e. The maximum Gasteiger partial charge on any atom is 1.00 e. The third-order valence-corrected chi connectivity index (χ3v) is 1.01. The van der Waals surface area contributed by atoms with Crippen molar-refractivity contribution >= 4 is 6.03 Å². The van der Waals surface area contributed by atoms with Crippen LogP contribution in [-0.2, 0) is 0 Å². The summed E-state index contributed by atoms with van der Waals surface area (Å²) in [5.41, 5.74) is 6.02. The zero-order valence-corrected chi connectivity index (χ0v) is 7.64. The molecule has 1 aliphatic heterocycles. The van der Waals surface area contributed by atoms with Crippen molar-refractivity contribution in [1.29, 1.82) is 0 Å². The molecule has 0 aromatic rings. The van der Waals surface area contributed by atoms with Gasteiger partial charge in [-0.15, -0.1) is 0 Å². The fourth-order valence-electron chi connectivity index (χ4n) is 0.546. The molecule has 0 aromatic heterocycles. The van der Waals surface area contributed by atoms with E-state index in [1.54, 1.807) is 0 Å². The topological polar surface area (TPSA) is 55.2 Å². The Morgan fingerprint density at radius 2 is 2.44 bits per heavy atom. The Kier molecular flexibility index (Phi) is 4.22. The molecule has 9 heavy (non-hydrogen) atoms. The van der Waals surface area contributed by atoms with Crippen molar-refractivity contribution in [1.82, 2.24) is 10.7 Å². The van der Waals surface area contributed by atoms with Crippen molar-refractivity contribution in [3.05, 3.63) is 5.43 Å². The molecule has 5 heteroatoms. The minimum Gasteiger partial charge on any atom is -0.547 e. The molecule has 0 aromatic carbocycles. The van der Waals surface area contributed by atoms with Crippen LogP contribution in [0.4, 0.5) is 4.79 Å². The number of hydrogen-bond donors (Lipinski definition) is 2. The van der Waals surface area contributed by atoms with Crippen molar-refractivity contribution in [2.45, 2.75) is 19.5 Å². The molecule has 1 fully saturated rings. The van der Waals surface area contributed by atoms with Crippen LogP contribution in [0.5, 0.6) is 0 Å². The Labute approximate surface area is 76.0 Å². The van der Waals surface area contributed by atoms with Gasteiger partial charge in [-0.2, -0.15) is 0 Å². The van der Waals surface area contributed by atoms with Gasteiger partial charge in [0.25, 0.3) is 6.03 Å². The molecule has 0 aliphatic carbocycles. The maximum atomic E-state index is 10.3. The summed E-state index contributed by atoms with van der Waals surface area (Å²) in [6.45, 7) is 1.96. The van der Waals surface area contributed by atoms with E-state index in [9.17, 15) is 4.79 Å². The minimum absolute atomic E-state index is 0. The van der Waals surface area contributed by atoms with Crippen LogP contribution >= 0.6 is 0 Å². The molecule has 1 rings (SSSR count). The average Bonchev–Trinajstić information content (AvgIpc) is 2.14. The number of urea groups is 1. The van der Waals surface area contributed by atoms with Crippen molar-refractivity contribution in [3.8, 4) is 0 Å². The monoisotopic (exact) mass is 137 g/mol. The minimum atomic E-state index is -0.197. The van der Waals surface area contributed by atoms with E-state index in [0.717, 1.165) is 6.42 Å². The summed E-state index contributed by atoms with van der Waals surface area (Å²) in [6, 6.07) is -0.197. The SMILES string of the molecule is CCC1[N-]NC(=O)N1.[Na+]. The molecule has 1 heterocycles. The number of nitrogens with one attached hydrogen (secondary N) is 2. The van der Waals surface area contributed by atoms with Crippen molar-refractivity contribution in [2.75, 3.05) is 0 Å². The van der Waals surface area contributed by atoms with E-state index in [1.165, 1.54) is 0 Å². The third kappa shape index (κ3) is 2.53. The van der Waals surface area contributed by atoms with Crippen molar-refractivity contribution in [3.63, 3.8) is 0 Å². The zero-order chi connectivity index (χ0) is 5.98. The van der Waals surface area contributed by atoms with Gasteiger partial charge in [-0.05, 0) is 6.17 Å². The van der Waals surface area contributed by atoms with Crippen LogP contribution in [0.25, 0.3) is 5.43 Å². The van der Waals surface area contributed by atoms with Gasteiger partial charge in [-0.3, -0.25) is 4.79 Å². The normalized spacial score (nSPS) is 24.1. The van der Waals surface area contributed by atoms with Crippen LogP contribution in [0, 0.1) is 0 Å². The molecule has 0 saturated carbocycles. The number of carbonyl (C=O) groups excluding carboxylic acids is 1. The molecule has 2 N–H and O–H groups in total. The van der Waals surface area contributed by atoms with Crippen LogP contribution in [0.15, 0.2) is 0 Å². The summed E-state index contributed by atoms with van der Waals surface area (Å²) >= 11 is 0. The second kappa shape index (κ2) is 4.11. The fourth-order valence-corrected chi connectivity index (χ4v) is 0.546. The van der Waals surface area contributed by atoms with Gasteiger partial charge >= 0.3 is 29.6 Å². The first-order valence-electron chi connectivity index (χ1n) is 2.59. The molecule has 1 saturated heterocycles. The first-order chi connectivity index (χ1) is 3.83. The average molecular weight is 137 g/mol. The number of amides is 2. The Bertz CT molecular complexity index is 108. The number of nitrogens with zero attached hydrogens (tertiary/aromatic N) is 1. The number of carbonyl (C=O) groups is 1. The summed E-state index contributed by atoms with van der Waals surface area (Å²) in [5.74, 6) is 0. The molecule has 0 radical (unpaired) electrons. The van der Waals surface area contributed by atoms with Crippen LogP contribution in [0.3, 0.4) is 0 Å². The molecule has 1 atom stereocenters. The predicted molar refractivity (Wildman–Crippen MR) is 29.1 cm³/mol. The molecule has 1 unspecified atom stereocenters. The van der Waals surface area contributed by atoms with E-state index >= 15 is 0 Å². The Balaban J connectivity index is 0.000000640. The second-order valence-electron chi connectivity index (χ2n) is 1.64. The van der Waals surface area contributed by atoms with E-state index in [0.29, 0.717) is 0 Å². The number of hydrogen-bond acceptors (Lipinski definition) is 1. The van der Waals surface area contributed by atoms with Crippen LogP contribution in [0.2, 0.25) is 0 Å². The molecule has 0 spiro atoms. The zero-order valence-electron chi connectivity index (χ0n) is 5.64. The Hall–Kier alpha value is 0.230. The number of rotatable bonds is 1. The van der Waals surface area contributed by atoms with E-state index in [-0.39, 0.29) is 41.8 Å². The van der Waals surface area contributed by atoms with Gasteiger partial charge in [0, 0.05) is 0 Å². The van der Waals surface area contributed by atoms with Gasteiger partial charge in [0.2, 0.25) is 0 Å². The first-order valence-corrected chi connectivity index (χ1v) is 2.59. The third-order valence-electron chi connectivity index (χ3n) is 1.01. The van der Waals surface area contributed by atoms with Gasteiger partial charge in [-0.25, -0.2) is 0 Å². The summed E-state index contributed by atoms with van der Waals surface area (Å²) in [6.07, 6.45) is 0.834. The van der Waals surface area contributed by atoms with Crippen molar-refractivity contribution < 1.29 is 34.4 Å². The smallest absolute Gasteiger partial charge is 0.547 e. The van der Waals surface area contributed by atoms with Gasteiger partial charge < -0.3 is 16.2 Å². The molecular formula is C4H8N3NaO. The Morgan fingerprint density at radius 1 is 1.78 bits per heavy atom. The van der Waals surface area contributed by atoms with E-state index < -0.39 is 0 Å². The molecule has 0 bridgehead atoms. The standard InChI is InChI=1S/C4H8N3O.Na/c1-2-3-5-4(8)7-6-3;/h3H,2H2,1H3,(H2,5,7,8);/q-1;+1. The quantitative estimate of drug-likeness (QED) is 0.380. The van der Waals surface area contributed by atoms with E-state index in [4.69, 9.17) is 0 Å². The van der Waals surface area contributed by atoms with Crippen LogP contribution in [0.1, 0.15) is 13.3 Å². The summed E-state index contributed by atoms with van der Waals surface area (Å²) < 4.78 is 0. The molecule has 4 nitrogen and oxygen atoms in total. The molecule has 46 valence electrons. The fraction of sp³-hybridized carbons (Fsp3) is 0.750. The molecular weight excluding hydrogens is 129 g/mol. The van der Waals surface area contributed by atoms with Gasteiger partial charge in [0.05, 0.1) is 0 Å². The molecule has 2 amide bonds. The summed E-state index contributed by atoms with van der Waals surface area (Å²) in [7, 11) is 0. The van der Waals surface area contributed by atoms with Gasteiger partial charge in [0.1, 0.15) is 0 Å². The summed E-state index contributed by atoms with van der Waals surface area (Å²) in [5, 5.41) is 2.59. The van der Waals surface area contributed by atoms with Gasteiger partial charge in [-0.1, -0.05) is 13.3 Å². The summed E-state index contributed by atoms with van der Waals surface area (Å²) in [4.78, 5) is 10.3. The van der Waals surface area contributed by atoms with Gasteiger partial charge in [0.15, 0.2) is 0 Å². The van der Waals surface area contributed by atoms with Crippen LogP contribution in [-0.4, -0.2) is 12.2 Å². The first kappa shape index (κ1) is 9.23.